The maximum atomic E-state index is 6.01. The van der Waals surface area contributed by atoms with E-state index >= 15 is 0 Å². The molecule has 0 spiro atoms. The standard InChI is InChI=1S/C90H108N2O2S2/c1-5-9-11-13-19-25-35-73-51-59-79(60-52-73)91(81-63-55-75(56-64-81)37-27-21-15-17-23-33-67-93-69-77-47-43-71(7-3)44-48-77)89-85-41-31-29-39-83(85)87(95-89)88-84-40-30-32-42-86(84)90(96-88)92(80-61-53-74(54-62-80)36-26-20-14-12-10-6-2)82-65-57-76(58-66-82)38-28-22-16-18-24-34-68-94-70-78-49-45-72(8-4)46-50-78/h7-8,29-32,39-66H,3-6,9-28,33-38,67-70H2,1-2H3. The highest BCUT2D eigenvalue weighted by Crippen LogP contribution is 2.55. The van der Waals surface area contributed by atoms with E-state index in [1.165, 1.54) is 239 Å². The second-order valence-corrected chi connectivity index (χ2v) is 28.7. The van der Waals surface area contributed by atoms with Crippen molar-refractivity contribution in [3.8, 4) is 9.75 Å². The molecule has 0 aliphatic rings. The van der Waals surface area contributed by atoms with Gasteiger partial charge in [-0.3, -0.25) is 0 Å². The van der Waals surface area contributed by atoms with Gasteiger partial charge in [0, 0.05) is 57.5 Å². The SMILES string of the molecule is C=Cc1ccc(COCCCCCCCCc2ccc(N(c3ccc(CCCCCCCC)cc3)c3sc(-c4sc(N(c5ccc(CCCCCCCC)cc5)c5ccc(CCCCCCCCOCc6ccc(C=C)cc6)cc5)c5ccccc45)c4ccccc34)cc2)cc1. The zero-order valence-electron chi connectivity index (χ0n) is 58.2. The summed E-state index contributed by atoms with van der Waals surface area (Å²) in [6, 6.07) is 73.6. The average molecular weight is 1310 g/mol. The van der Waals surface area contributed by atoms with Gasteiger partial charge in [-0.25, -0.2) is 0 Å². The van der Waals surface area contributed by atoms with Gasteiger partial charge in [-0.05, 0) is 157 Å². The molecule has 0 N–H and O–H groups in total. The molecule has 10 aromatic rings. The van der Waals surface area contributed by atoms with Crippen molar-refractivity contribution in [3.05, 3.63) is 252 Å². The Bertz CT molecular complexity index is 3590. The number of benzene rings is 8. The normalized spacial score (nSPS) is 11.5. The quantitative estimate of drug-likeness (QED) is 0.0355. The van der Waals surface area contributed by atoms with E-state index in [9.17, 15) is 0 Å². The molecule has 2 aromatic heterocycles. The summed E-state index contributed by atoms with van der Waals surface area (Å²) in [5, 5.41) is 7.66. The third-order valence-corrected chi connectivity index (χ3v) is 21.8. The predicted molar refractivity (Wildman–Crippen MR) is 421 cm³/mol. The number of fused-ring (bicyclic) bond motifs is 2. The smallest absolute Gasteiger partial charge is 0.109 e. The maximum absolute atomic E-state index is 6.01. The van der Waals surface area contributed by atoms with Gasteiger partial charge in [0.15, 0.2) is 0 Å². The molecule has 6 heteroatoms. The third-order valence-electron chi connectivity index (χ3n) is 19.2. The number of rotatable bonds is 45. The van der Waals surface area contributed by atoms with Crippen molar-refractivity contribution in [1.82, 2.24) is 0 Å². The number of thiophene rings is 2. The number of unbranched alkanes of at least 4 members (excludes halogenated alkanes) is 20. The first-order valence-corrected chi connectivity index (χ1v) is 38.7. The minimum atomic E-state index is 0.679. The van der Waals surface area contributed by atoms with Crippen molar-refractivity contribution in [3.63, 3.8) is 0 Å². The summed E-state index contributed by atoms with van der Waals surface area (Å²) < 4.78 is 12.0. The van der Waals surface area contributed by atoms with Gasteiger partial charge in [0.05, 0.1) is 23.0 Å². The summed E-state index contributed by atoms with van der Waals surface area (Å²) in [5.41, 5.74) is 15.2. The van der Waals surface area contributed by atoms with Crippen molar-refractivity contribution in [2.24, 2.45) is 0 Å². The summed E-state index contributed by atoms with van der Waals surface area (Å²) in [5.74, 6) is 0. The minimum Gasteiger partial charge on any atom is -0.377 e. The van der Waals surface area contributed by atoms with Crippen LogP contribution in [0, 0.1) is 0 Å². The van der Waals surface area contributed by atoms with Crippen molar-refractivity contribution < 1.29 is 9.47 Å². The van der Waals surface area contributed by atoms with Crippen LogP contribution < -0.4 is 9.80 Å². The van der Waals surface area contributed by atoms with Gasteiger partial charge in [0.1, 0.15) is 10.0 Å². The maximum Gasteiger partial charge on any atom is 0.109 e. The van der Waals surface area contributed by atoms with E-state index in [0.717, 1.165) is 62.9 Å². The summed E-state index contributed by atoms with van der Waals surface area (Å²) in [4.78, 5) is 7.75. The van der Waals surface area contributed by atoms with Gasteiger partial charge in [-0.2, -0.15) is 0 Å². The first kappa shape index (κ1) is 71.5. The van der Waals surface area contributed by atoms with Gasteiger partial charge in [0.25, 0.3) is 0 Å². The van der Waals surface area contributed by atoms with Crippen LogP contribution in [0.25, 0.3) is 43.5 Å². The lowest BCUT2D eigenvalue weighted by Gasteiger charge is -2.25. The first-order valence-electron chi connectivity index (χ1n) is 37.1. The van der Waals surface area contributed by atoms with E-state index < -0.39 is 0 Å². The number of nitrogens with zero attached hydrogens (tertiary/aromatic N) is 2. The van der Waals surface area contributed by atoms with Gasteiger partial charge in [-0.15, -0.1) is 22.7 Å². The molecule has 0 amide bonds. The van der Waals surface area contributed by atoms with Crippen molar-refractivity contribution in [1.29, 1.82) is 0 Å². The molecular weight excluding hydrogens is 1210 g/mol. The Hall–Kier alpha value is -7.32. The zero-order valence-corrected chi connectivity index (χ0v) is 59.8. The molecule has 8 aromatic carbocycles. The van der Waals surface area contributed by atoms with E-state index in [1.54, 1.807) is 0 Å². The van der Waals surface area contributed by atoms with Crippen LogP contribution in [0.1, 0.15) is 212 Å². The number of aryl methyl sites for hydroxylation is 4. The monoisotopic (exact) mass is 1310 g/mol. The Morgan fingerprint density at radius 2 is 0.552 bits per heavy atom. The lowest BCUT2D eigenvalue weighted by Crippen LogP contribution is -2.09. The van der Waals surface area contributed by atoms with Crippen molar-refractivity contribution in [2.75, 3.05) is 23.0 Å². The Balaban J connectivity index is 0.863. The molecule has 0 saturated carbocycles. The molecule has 0 aliphatic carbocycles. The van der Waals surface area contributed by atoms with Crippen molar-refractivity contribution >= 4 is 89.1 Å². The van der Waals surface area contributed by atoms with Crippen molar-refractivity contribution in [2.45, 2.75) is 207 Å². The van der Waals surface area contributed by atoms with E-state index in [4.69, 9.17) is 9.47 Å². The van der Waals surface area contributed by atoms with Crippen LogP contribution in [0.4, 0.5) is 32.8 Å². The minimum absolute atomic E-state index is 0.679. The van der Waals surface area contributed by atoms with E-state index in [1.807, 2.05) is 34.8 Å². The molecular formula is C90H108N2O2S2. The van der Waals surface area contributed by atoms with E-state index in [-0.39, 0.29) is 0 Å². The van der Waals surface area contributed by atoms with E-state index in [2.05, 4.69) is 231 Å². The molecule has 0 saturated heterocycles. The van der Waals surface area contributed by atoms with Crippen LogP contribution in [0.15, 0.2) is 207 Å². The Labute approximate surface area is 586 Å². The fraction of sp³-hybridized carbons (Fsp3) is 0.378. The number of ether oxygens (including phenoxy) is 2. The molecule has 502 valence electrons. The summed E-state index contributed by atoms with van der Waals surface area (Å²) in [6.45, 7) is 15.3. The molecule has 0 unspecified atom stereocenters. The highest BCUT2D eigenvalue weighted by molar-refractivity contribution is 7.28. The summed E-state index contributed by atoms with van der Waals surface area (Å²) in [7, 11) is 0. The molecule has 2 heterocycles. The number of hydrogen-bond acceptors (Lipinski definition) is 6. The van der Waals surface area contributed by atoms with Gasteiger partial charge < -0.3 is 19.3 Å². The first-order chi connectivity index (χ1) is 47.5. The average Bonchev–Trinajstić information content (AvgIpc) is 1.58. The van der Waals surface area contributed by atoms with E-state index in [0.29, 0.717) is 13.2 Å². The molecule has 4 nitrogen and oxygen atoms in total. The predicted octanol–water partition coefficient (Wildman–Crippen LogP) is 28.0. The van der Waals surface area contributed by atoms with Crippen LogP contribution >= 0.6 is 22.7 Å². The fourth-order valence-electron chi connectivity index (χ4n) is 13.4. The molecule has 96 heavy (non-hydrogen) atoms. The summed E-state index contributed by atoms with van der Waals surface area (Å²) in [6.07, 6.45) is 38.6. The largest absolute Gasteiger partial charge is 0.377 e. The molecule has 0 bridgehead atoms. The van der Waals surface area contributed by atoms with Crippen LogP contribution in [0.2, 0.25) is 0 Å². The Kier molecular flexibility index (Phi) is 29.6. The summed E-state index contributed by atoms with van der Waals surface area (Å²) >= 11 is 3.89. The lowest BCUT2D eigenvalue weighted by molar-refractivity contribution is 0.116. The highest BCUT2D eigenvalue weighted by atomic mass is 32.1. The van der Waals surface area contributed by atoms with Crippen LogP contribution in [0.3, 0.4) is 0 Å². The third kappa shape index (κ3) is 21.3. The topological polar surface area (TPSA) is 24.9 Å². The zero-order chi connectivity index (χ0) is 66.2. The molecule has 10 rings (SSSR count). The van der Waals surface area contributed by atoms with Gasteiger partial charge >= 0.3 is 0 Å². The molecule has 0 atom stereocenters. The molecule has 0 fully saturated rings. The second kappa shape index (κ2) is 39.8. The van der Waals surface area contributed by atoms with Crippen LogP contribution in [-0.4, -0.2) is 13.2 Å². The molecule has 0 aliphatic heterocycles. The highest BCUT2D eigenvalue weighted by Gasteiger charge is 2.26. The lowest BCUT2D eigenvalue weighted by atomic mass is 10.0. The van der Waals surface area contributed by atoms with Gasteiger partial charge in [-0.1, -0.05) is 300 Å². The number of anilines is 6. The Morgan fingerprint density at radius 1 is 0.292 bits per heavy atom. The second-order valence-electron chi connectivity index (χ2n) is 26.7. The van der Waals surface area contributed by atoms with Crippen LogP contribution in [-0.2, 0) is 48.4 Å². The van der Waals surface area contributed by atoms with Gasteiger partial charge in [0.2, 0.25) is 0 Å². The molecule has 0 radical (unpaired) electrons. The fourth-order valence-corrected chi connectivity index (χ4v) is 16.2. The Morgan fingerprint density at radius 3 is 0.844 bits per heavy atom. The number of hydrogen-bond donors (Lipinski definition) is 0. The van der Waals surface area contributed by atoms with Crippen LogP contribution in [0.5, 0.6) is 0 Å².